The molecule has 3 rings (SSSR count). The number of carbonyl (C=O) groups is 1. The molecular weight excluding hydrogens is 318 g/mol. The van der Waals surface area contributed by atoms with E-state index >= 15 is 0 Å². The fourth-order valence-corrected chi connectivity index (χ4v) is 2.89. The van der Waals surface area contributed by atoms with Gasteiger partial charge in [-0.15, -0.1) is 0 Å². The van der Waals surface area contributed by atoms with Crippen LogP contribution in [0.1, 0.15) is 21.7 Å². The number of rotatable bonds is 3. The molecule has 2 aromatic heterocycles. The first kappa shape index (κ1) is 13.1. The molecule has 0 unspecified atom stereocenters. The maximum absolute atomic E-state index is 10.9. The van der Waals surface area contributed by atoms with Crippen molar-refractivity contribution in [2.24, 2.45) is 7.05 Å². The molecule has 0 aliphatic heterocycles. The van der Waals surface area contributed by atoms with Gasteiger partial charge in [-0.2, -0.15) is 5.10 Å². The van der Waals surface area contributed by atoms with Gasteiger partial charge in [0.2, 0.25) is 0 Å². The monoisotopic (exact) mass is 331 g/mol. The van der Waals surface area contributed by atoms with E-state index in [0.717, 1.165) is 33.0 Å². The van der Waals surface area contributed by atoms with Crippen molar-refractivity contribution in [3.05, 3.63) is 51.9 Å². The minimum absolute atomic E-state index is 0.692. The molecule has 0 saturated heterocycles. The van der Waals surface area contributed by atoms with Gasteiger partial charge in [-0.25, -0.2) is 0 Å². The summed E-state index contributed by atoms with van der Waals surface area (Å²) in [5, 5.41) is 5.54. The summed E-state index contributed by atoms with van der Waals surface area (Å²) >= 11 is 3.59. The molecule has 2 heterocycles. The average Bonchev–Trinajstić information content (AvgIpc) is 2.95. The van der Waals surface area contributed by atoms with Crippen LogP contribution >= 0.6 is 15.9 Å². The van der Waals surface area contributed by atoms with E-state index in [4.69, 9.17) is 0 Å². The Balaban J connectivity index is 2.08. The zero-order valence-electron chi connectivity index (χ0n) is 11.3. The highest BCUT2D eigenvalue weighted by atomic mass is 79.9. The minimum atomic E-state index is 0.692. The van der Waals surface area contributed by atoms with Crippen molar-refractivity contribution in [1.29, 1.82) is 0 Å². The van der Waals surface area contributed by atoms with E-state index in [1.165, 1.54) is 0 Å². The number of aromatic nitrogens is 3. The molecule has 3 aromatic rings. The molecule has 0 aliphatic carbocycles. The van der Waals surface area contributed by atoms with E-state index in [1.54, 1.807) is 0 Å². The van der Waals surface area contributed by atoms with Crippen molar-refractivity contribution in [2.45, 2.75) is 13.5 Å². The van der Waals surface area contributed by atoms with Crippen LogP contribution in [0.2, 0.25) is 0 Å². The van der Waals surface area contributed by atoms with Crippen molar-refractivity contribution in [3.8, 4) is 0 Å². The Labute approximate surface area is 125 Å². The topological polar surface area (TPSA) is 39.8 Å². The zero-order chi connectivity index (χ0) is 14.3. The standard InChI is InChI=1S/C15H14BrN3O/c1-10-15(16)14(18(2)17-10)8-19-6-5-12-4-3-11(9-20)7-13(12)19/h3-7,9H,8H2,1-2H3. The van der Waals surface area contributed by atoms with E-state index in [9.17, 15) is 4.79 Å². The first-order chi connectivity index (χ1) is 9.60. The Hall–Kier alpha value is -1.88. The lowest BCUT2D eigenvalue weighted by Crippen LogP contribution is -2.05. The number of hydrogen-bond acceptors (Lipinski definition) is 2. The predicted octanol–water partition coefficient (Wildman–Crippen LogP) is 3.31. The lowest BCUT2D eigenvalue weighted by Gasteiger charge is -2.07. The maximum Gasteiger partial charge on any atom is 0.150 e. The van der Waals surface area contributed by atoms with Crippen molar-refractivity contribution >= 4 is 33.1 Å². The van der Waals surface area contributed by atoms with Crippen LogP contribution in [0.5, 0.6) is 0 Å². The third-order valence-corrected chi connectivity index (χ3v) is 4.55. The number of aryl methyl sites for hydroxylation is 2. The molecule has 5 heteroatoms. The Morgan fingerprint density at radius 2 is 2.15 bits per heavy atom. The highest BCUT2D eigenvalue weighted by molar-refractivity contribution is 9.10. The van der Waals surface area contributed by atoms with Crippen LogP contribution in [0.4, 0.5) is 0 Å². The largest absolute Gasteiger partial charge is 0.341 e. The summed E-state index contributed by atoms with van der Waals surface area (Å²) < 4.78 is 5.05. The van der Waals surface area contributed by atoms with Crippen LogP contribution in [-0.4, -0.2) is 20.6 Å². The first-order valence-electron chi connectivity index (χ1n) is 6.32. The molecule has 0 radical (unpaired) electrons. The number of aldehydes is 1. The third kappa shape index (κ3) is 2.08. The summed E-state index contributed by atoms with van der Waals surface area (Å²) in [6.07, 6.45) is 2.91. The summed E-state index contributed by atoms with van der Waals surface area (Å²) in [6, 6.07) is 7.78. The van der Waals surface area contributed by atoms with Crippen LogP contribution in [-0.2, 0) is 13.6 Å². The van der Waals surface area contributed by atoms with Crippen molar-refractivity contribution in [1.82, 2.24) is 14.3 Å². The molecule has 0 spiro atoms. The maximum atomic E-state index is 10.9. The number of carbonyl (C=O) groups excluding carboxylic acids is 1. The van der Waals surface area contributed by atoms with Gasteiger partial charge in [-0.3, -0.25) is 9.48 Å². The fourth-order valence-electron chi connectivity index (χ4n) is 2.43. The molecule has 1 aromatic carbocycles. The second-order valence-electron chi connectivity index (χ2n) is 4.85. The molecule has 0 atom stereocenters. The number of hydrogen-bond donors (Lipinski definition) is 0. The van der Waals surface area contributed by atoms with E-state index < -0.39 is 0 Å². The van der Waals surface area contributed by atoms with Crippen LogP contribution in [0.3, 0.4) is 0 Å². The Bertz CT molecular complexity index is 801. The molecule has 0 fully saturated rings. The third-order valence-electron chi connectivity index (χ3n) is 3.52. The van der Waals surface area contributed by atoms with E-state index in [0.29, 0.717) is 12.1 Å². The SMILES string of the molecule is Cc1nn(C)c(Cn2ccc3ccc(C=O)cc32)c1Br. The van der Waals surface area contributed by atoms with Crippen LogP contribution in [0.15, 0.2) is 34.9 Å². The van der Waals surface area contributed by atoms with Crippen molar-refractivity contribution in [3.63, 3.8) is 0 Å². The minimum Gasteiger partial charge on any atom is -0.341 e. The van der Waals surface area contributed by atoms with Gasteiger partial charge in [0.05, 0.1) is 22.4 Å². The van der Waals surface area contributed by atoms with Crippen LogP contribution in [0.25, 0.3) is 10.9 Å². The Morgan fingerprint density at radius 1 is 1.35 bits per heavy atom. The highest BCUT2D eigenvalue weighted by Gasteiger charge is 2.12. The van der Waals surface area contributed by atoms with E-state index in [-0.39, 0.29) is 0 Å². The van der Waals surface area contributed by atoms with Crippen LogP contribution < -0.4 is 0 Å². The summed E-state index contributed by atoms with van der Waals surface area (Å²) in [6.45, 7) is 2.69. The van der Waals surface area contributed by atoms with Gasteiger partial charge in [0.15, 0.2) is 0 Å². The lowest BCUT2D eigenvalue weighted by molar-refractivity contribution is 0.112. The Morgan fingerprint density at radius 3 is 2.80 bits per heavy atom. The highest BCUT2D eigenvalue weighted by Crippen LogP contribution is 2.24. The van der Waals surface area contributed by atoms with Crippen molar-refractivity contribution in [2.75, 3.05) is 0 Å². The van der Waals surface area contributed by atoms with Gasteiger partial charge in [-0.05, 0) is 40.4 Å². The summed E-state index contributed by atoms with van der Waals surface area (Å²) in [5.74, 6) is 0. The normalized spacial score (nSPS) is 11.2. The molecule has 0 amide bonds. The summed E-state index contributed by atoms with van der Waals surface area (Å²) in [5.41, 5.74) is 3.84. The first-order valence-corrected chi connectivity index (χ1v) is 7.11. The smallest absolute Gasteiger partial charge is 0.150 e. The molecule has 20 heavy (non-hydrogen) atoms. The second kappa shape index (κ2) is 4.90. The number of benzene rings is 1. The Kier molecular flexibility index (Phi) is 3.22. The van der Waals surface area contributed by atoms with Crippen molar-refractivity contribution < 1.29 is 4.79 Å². The molecule has 0 aliphatic rings. The van der Waals surface area contributed by atoms with Gasteiger partial charge in [0, 0.05) is 24.3 Å². The fraction of sp³-hybridized carbons (Fsp3) is 0.200. The number of fused-ring (bicyclic) bond motifs is 1. The average molecular weight is 332 g/mol. The van der Waals surface area contributed by atoms with E-state index in [1.807, 2.05) is 43.0 Å². The van der Waals surface area contributed by atoms with E-state index in [2.05, 4.69) is 31.7 Å². The molecule has 0 saturated carbocycles. The van der Waals surface area contributed by atoms with Gasteiger partial charge in [0.25, 0.3) is 0 Å². The number of halogens is 1. The van der Waals surface area contributed by atoms with Crippen LogP contribution in [0, 0.1) is 6.92 Å². The molecule has 4 nitrogen and oxygen atoms in total. The van der Waals surface area contributed by atoms with Gasteiger partial charge in [0.1, 0.15) is 6.29 Å². The van der Waals surface area contributed by atoms with Gasteiger partial charge < -0.3 is 4.57 Å². The quantitative estimate of drug-likeness (QED) is 0.691. The molecular formula is C15H14BrN3O. The second-order valence-corrected chi connectivity index (χ2v) is 5.64. The predicted molar refractivity (Wildman–Crippen MR) is 82.1 cm³/mol. The lowest BCUT2D eigenvalue weighted by atomic mass is 10.2. The molecule has 0 bridgehead atoms. The zero-order valence-corrected chi connectivity index (χ0v) is 12.9. The summed E-state index contributed by atoms with van der Waals surface area (Å²) in [4.78, 5) is 10.9. The summed E-state index contributed by atoms with van der Waals surface area (Å²) in [7, 11) is 1.94. The molecule has 0 N–H and O–H groups in total. The number of nitrogens with zero attached hydrogens (tertiary/aromatic N) is 3. The van der Waals surface area contributed by atoms with Gasteiger partial charge >= 0.3 is 0 Å². The molecule has 102 valence electrons. The van der Waals surface area contributed by atoms with Gasteiger partial charge in [-0.1, -0.05) is 12.1 Å².